The van der Waals surface area contributed by atoms with Crippen LogP contribution in [-0.2, 0) is 9.53 Å². The lowest BCUT2D eigenvalue weighted by Crippen LogP contribution is -2.24. The van der Waals surface area contributed by atoms with Crippen molar-refractivity contribution in [2.24, 2.45) is 5.73 Å². The van der Waals surface area contributed by atoms with Crippen LogP contribution in [0.5, 0.6) is 0 Å². The second kappa shape index (κ2) is 11.0. The fourth-order valence-electron chi connectivity index (χ4n) is 1.16. The maximum absolute atomic E-state index is 11.2. The maximum Gasteiger partial charge on any atom is 0.219 e. The largest absolute Gasteiger partial charge is 0.502 e. The minimum atomic E-state index is 0.116. The number of nitrogens with two attached hydrogens (primary N) is 1. The Balaban J connectivity index is 3.15. The minimum Gasteiger partial charge on any atom is -0.502 e. The highest BCUT2D eigenvalue weighted by molar-refractivity contribution is 5.75. The second-order valence-electron chi connectivity index (χ2n) is 3.34. The van der Waals surface area contributed by atoms with E-state index in [2.05, 4.69) is 11.9 Å². The summed E-state index contributed by atoms with van der Waals surface area (Å²) in [6.45, 7) is 5.42. The van der Waals surface area contributed by atoms with E-state index in [1.807, 2.05) is 0 Å². The van der Waals surface area contributed by atoms with Crippen LogP contribution in [0.1, 0.15) is 32.1 Å². The lowest BCUT2D eigenvalue weighted by Gasteiger charge is -2.04. The number of hydrogen-bond donors (Lipinski definition) is 2. The predicted molar refractivity (Wildman–Crippen MR) is 61.3 cm³/mol. The Kier molecular flexibility index (Phi) is 10.3. The van der Waals surface area contributed by atoms with Gasteiger partial charge in [0.2, 0.25) is 5.91 Å². The number of carbonyl (C=O) groups is 1. The number of nitrogens with one attached hydrogen (secondary N) is 1. The molecule has 0 heterocycles. The molecule has 4 nitrogen and oxygen atoms in total. The molecule has 0 unspecified atom stereocenters. The van der Waals surface area contributed by atoms with Gasteiger partial charge in [0.1, 0.15) is 0 Å². The third-order valence-corrected chi connectivity index (χ3v) is 1.99. The molecular formula is C11H22N2O2. The number of unbranched alkanes of at least 4 members (excludes halogenated alkanes) is 2. The van der Waals surface area contributed by atoms with E-state index in [1.165, 1.54) is 6.26 Å². The third-order valence-electron chi connectivity index (χ3n) is 1.99. The lowest BCUT2D eigenvalue weighted by molar-refractivity contribution is -0.121. The lowest BCUT2D eigenvalue weighted by atomic mass is 10.2. The molecule has 0 saturated carbocycles. The van der Waals surface area contributed by atoms with E-state index >= 15 is 0 Å². The summed E-state index contributed by atoms with van der Waals surface area (Å²) in [4.78, 5) is 11.2. The van der Waals surface area contributed by atoms with Crippen molar-refractivity contribution >= 4 is 5.91 Å². The van der Waals surface area contributed by atoms with Gasteiger partial charge in [-0.15, -0.1) is 0 Å². The molecule has 15 heavy (non-hydrogen) atoms. The highest BCUT2D eigenvalue weighted by Crippen LogP contribution is 1.98. The van der Waals surface area contributed by atoms with E-state index < -0.39 is 0 Å². The molecule has 0 atom stereocenters. The zero-order valence-corrected chi connectivity index (χ0v) is 9.34. The molecule has 0 aliphatic carbocycles. The van der Waals surface area contributed by atoms with E-state index in [0.717, 1.165) is 25.7 Å². The van der Waals surface area contributed by atoms with E-state index in [1.54, 1.807) is 0 Å². The van der Waals surface area contributed by atoms with E-state index in [-0.39, 0.29) is 5.91 Å². The van der Waals surface area contributed by atoms with Crippen molar-refractivity contribution in [3.63, 3.8) is 0 Å². The quantitative estimate of drug-likeness (QED) is 0.424. The summed E-state index contributed by atoms with van der Waals surface area (Å²) in [5, 5.41) is 2.83. The van der Waals surface area contributed by atoms with Crippen LogP contribution in [0, 0.1) is 0 Å². The van der Waals surface area contributed by atoms with Gasteiger partial charge in [-0.1, -0.05) is 13.0 Å². The Morgan fingerprint density at radius 3 is 2.80 bits per heavy atom. The molecule has 3 N–H and O–H groups in total. The van der Waals surface area contributed by atoms with Gasteiger partial charge in [0.25, 0.3) is 0 Å². The van der Waals surface area contributed by atoms with Gasteiger partial charge in [-0.25, -0.2) is 0 Å². The smallest absolute Gasteiger partial charge is 0.219 e. The van der Waals surface area contributed by atoms with Gasteiger partial charge in [0.05, 0.1) is 12.9 Å². The van der Waals surface area contributed by atoms with Gasteiger partial charge >= 0.3 is 0 Å². The average molecular weight is 214 g/mol. The molecule has 0 aromatic heterocycles. The van der Waals surface area contributed by atoms with Crippen LogP contribution >= 0.6 is 0 Å². The van der Waals surface area contributed by atoms with E-state index in [9.17, 15) is 4.79 Å². The van der Waals surface area contributed by atoms with Crippen LogP contribution in [0.15, 0.2) is 12.8 Å². The van der Waals surface area contributed by atoms with Crippen molar-refractivity contribution in [3.05, 3.63) is 12.8 Å². The van der Waals surface area contributed by atoms with Crippen molar-refractivity contribution in [2.75, 3.05) is 19.7 Å². The maximum atomic E-state index is 11.2. The summed E-state index contributed by atoms with van der Waals surface area (Å²) in [6, 6.07) is 0. The monoisotopic (exact) mass is 214 g/mol. The minimum absolute atomic E-state index is 0.116. The van der Waals surface area contributed by atoms with E-state index in [4.69, 9.17) is 10.5 Å². The average Bonchev–Trinajstić information content (AvgIpc) is 2.24. The second-order valence-corrected chi connectivity index (χ2v) is 3.34. The van der Waals surface area contributed by atoms with Crippen molar-refractivity contribution in [1.82, 2.24) is 5.32 Å². The van der Waals surface area contributed by atoms with Crippen LogP contribution < -0.4 is 11.1 Å². The normalized spacial score (nSPS) is 9.67. The fraction of sp³-hybridized carbons (Fsp3) is 0.727. The van der Waals surface area contributed by atoms with Crippen LogP contribution in [-0.4, -0.2) is 25.6 Å². The zero-order valence-electron chi connectivity index (χ0n) is 9.34. The number of hydrogen-bond acceptors (Lipinski definition) is 3. The molecule has 0 aliphatic heterocycles. The van der Waals surface area contributed by atoms with Crippen LogP contribution in [0.25, 0.3) is 0 Å². The summed E-state index contributed by atoms with van der Waals surface area (Å²) in [7, 11) is 0. The van der Waals surface area contributed by atoms with Gasteiger partial charge < -0.3 is 15.8 Å². The first-order valence-electron chi connectivity index (χ1n) is 5.50. The Labute approximate surface area is 91.9 Å². The van der Waals surface area contributed by atoms with Crippen molar-refractivity contribution in [3.8, 4) is 0 Å². The number of ether oxygens (including phenoxy) is 1. The van der Waals surface area contributed by atoms with Crippen molar-refractivity contribution < 1.29 is 9.53 Å². The first-order chi connectivity index (χ1) is 7.31. The summed E-state index contributed by atoms with van der Waals surface area (Å²) < 4.78 is 4.93. The number of amides is 1. The molecule has 0 fully saturated rings. The molecule has 0 aromatic carbocycles. The summed E-state index contributed by atoms with van der Waals surface area (Å²) >= 11 is 0. The molecule has 4 heteroatoms. The standard InChI is InChI=1S/C11H22N2O2/c1-2-15-10-6-9-13-11(14)7-4-3-5-8-12/h2H,1,3-10,12H2,(H,13,14). The number of carbonyl (C=O) groups excluding carboxylic acids is 1. The molecular weight excluding hydrogens is 192 g/mol. The Morgan fingerprint density at radius 2 is 2.13 bits per heavy atom. The SMILES string of the molecule is C=COCCCNC(=O)CCCCCN. The zero-order chi connectivity index (χ0) is 11.4. The van der Waals surface area contributed by atoms with E-state index in [0.29, 0.717) is 26.1 Å². The highest BCUT2D eigenvalue weighted by atomic mass is 16.5. The summed E-state index contributed by atoms with van der Waals surface area (Å²) in [5.74, 6) is 0.116. The molecule has 0 bridgehead atoms. The van der Waals surface area contributed by atoms with Crippen LogP contribution in [0.4, 0.5) is 0 Å². The predicted octanol–water partition coefficient (Wildman–Crippen LogP) is 1.17. The molecule has 0 aromatic rings. The molecule has 1 amide bonds. The first kappa shape index (κ1) is 14.0. The third kappa shape index (κ3) is 10.9. The Bertz CT molecular complexity index is 172. The summed E-state index contributed by atoms with van der Waals surface area (Å²) in [6.07, 6.45) is 5.79. The molecule has 0 saturated heterocycles. The van der Waals surface area contributed by atoms with Gasteiger partial charge in [-0.05, 0) is 25.8 Å². The van der Waals surface area contributed by atoms with Gasteiger partial charge in [-0.3, -0.25) is 4.79 Å². The van der Waals surface area contributed by atoms with Crippen molar-refractivity contribution in [1.29, 1.82) is 0 Å². The van der Waals surface area contributed by atoms with Gasteiger partial charge in [0.15, 0.2) is 0 Å². The highest BCUT2D eigenvalue weighted by Gasteiger charge is 1.99. The number of rotatable bonds is 10. The first-order valence-corrected chi connectivity index (χ1v) is 5.50. The Morgan fingerprint density at radius 1 is 1.33 bits per heavy atom. The van der Waals surface area contributed by atoms with Gasteiger partial charge in [-0.2, -0.15) is 0 Å². The molecule has 0 radical (unpaired) electrons. The van der Waals surface area contributed by atoms with Crippen LogP contribution in [0.3, 0.4) is 0 Å². The molecule has 0 aliphatic rings. The fourth-order valence-corrected chi connectivity index (χ4v) is 1.16. The Hall–Kier alpha value is -1.03. The van der Waals surface area contributed by atoms with Crippen LogP contribution in [0.2, 0.25) is 0 Å². The van der Waals surface area contributed by atoms with Gasteiger partial charge in [0, 0.05) is 13.0 Å². The molecule has 0 spiro atoms. The topological polar surface area (TPSA) is 64.3 Å². The van der Waals surface area contributed by atoms with Crippen molar-refractivity contribution in [2.45, 2.75) is 32.1 Å². The molecule has 0 rings (SSSR count). The summed E-state index contributed by atoms with van der Waals surface area (Å²) in [5.41, 5.74) is 5.35. The molecule has 88 valence electrons.